The summed E-state index contributed by atoms with van der Waals surface area (Å²) in [6.45, 7) is 2.12. The summed E-state index contributed by atoms with van der Waals surface area (Å²) < 4.78 is 11.5. The first-order chi connectivity index (χ1) is 16.9. The van der Waals surface area contributed by atoms with E-state index in [0.29, 0.717) is 34.1 Å². The lowest BCUT2D eigenvalue weighted by Gasteiger charge is -2.08. The zero-order chi connectivity index (χ0) is 25.2. The number of ether oxygens (including phenoxy) is 2. The quantitative estimate of drug-likeness (QED) is 0.173. The van der Waals surface area contributed by atoms with Gasteiger partial charge >= 0.3 is 5.97 Å². The van der Waals surface area contributed by atoms with Crippen molar-refractivity contribution in [1.29, 1.82) is 0 Å². The van der Waals surface area contributed by atoms with Crippen LogP contribution in [-0.4, -0.2) is 37.1 Å². The van der Waals surface area contributed by atoms with Gasteiger partial charge in [0.05, 0.1) is 24.9 Å². The van der Waals surface area contributed by atoms with Crippen LogP contribution in [0, 0.1) is 0 Å². The Morgan fingerprint density at radius 1 is 1.00 bits per heavy atom. The van der Waals surface area contributed by atoms with Crippen molar-refractivity contribution in [3.05, 3.63) is 92.9 Å². The molecule has 0 fully saturated rings. The molecule has 35 heavy (non-hydrogen) atoms. The first-order valence-electron chi connectivity index (χ1n) is 10.5. The number of carbonyl (C=O) groups is 3. The second-order valence-electron chi connectivity index (χ2n) is 7.01. The Balaban J connectivity index is 1.55. The molecule has 0 unspecified atom stereocenters. The van der Waals surface area contributed by atoms with Crippen LogP contribution in [0.25, 0.3) is 0 Å². The second kappa shape index (κ2) is 12.7. The lowest BCUT2D eigenvalue weighted by atomic mass is 10.2. The van der Waals surface area contributed by atoms with Gasteiger partial charge in [-0.15, -0.1) is 0 Å². The maximum atomic E-state index is 12.4. The van der Waals surface area contributed by atoms with Gasteiger partial charge in [0.1, 0.15) is 11.5 Å². The van der Waals surface area contributed by atoms with Crippen molar-refractivity contribution in [2.45, 2.75) is 6.92 Å². The standard InChI is InChI=1S/C25H21BrClN3O5/c1-2-34-21-10-5-16(6-11-21)24(32)28-15-23(31)30-29-14-18-13-19(26)7-12-22(18)35-25(33)17-3-8-20(27)9-4-17/h3-14H,2,15H2,1H3,(H,28,32)(H,30,31)/b29-14+. The fourth-order valence-electron chi connectivity index (χ4n) is 2.80. The van der Waals surface area contributed by atoms with E-state index in [-0.39, 0.29) is 12.3 Å². The third-order valence-electron chi connectivity index (χ3n) is 4.48. The Morgan fingerprint density at radius 3 is 2.37 bits per heavy atom. The molecule has 0 spiro atoms. The van der Waals surface area contributed by atoms with E-state index in [1.807, 2.05) is 6.92 Å². The minimum absolute atomic E-state index is 0.245. The molecule has 3 rings (SSSR count). The number of esters is 1. The second-order valence-corrected chi connectivity index (χ2v) is 8.36. The number of benzene rings is 3. The number of halogens is 2. The number of nitrogens with zero attached hydrogens (tertiary/aromatic N) is 1. The van der Waals surface area contributed by atoms with E-state index in [0.717, 1.165) is 4.47 Å². The minimum Gasteiger partial charge on any atom is -0.494 e. The van der Waals surface area contributed by atoms with Gasteiger partial charge in [0.15, 0.2) is 0 Å². The Hall–Kier alpha value is -3.69. The Labute approximate surface area is 215 Å². The molecular weight excluding hydrogens is 538 g/mol. The molecule has 3 aromatic carbocycles. The molecule has 0 aliphatic rings. The van der Waals surface area contributed by atoms with Crippen molar-refractivity contribution < 1.29 is 23.9 Å². The van der Waals surface area contributed by atoms with E-state index in [1.54, 1.807) is 66.7 Å². The van der Waals surface area contributed by atoms with Crippen LogP contribution in [0.1, 0.15) is 33.2 Å². The SMILES string of the molecule is CCOc1ccc(C(=O)NCC(=O)N/N=C/c2cc(Br)ccc2OC(=O)c2ccc(Cl)cc2)cc1. The Bertz CT molecular complexity index is 1230. The average molecular weight is 559 g/mol. The number of amides is 2. The number of hydrogen-bond acceptors (Lipinski definition) is 6. The lowest BCUT2D eigenvalue weighted by molar-refractivity contribution is -0.120. The number of carbonyl (C=O) groups excluding carboxylic acids is 3. The van der Waals surface area contributed by atoms with E-state index in [9.17, 15) is 14.4 Å². The van der Waals surface area contributed by atoms with Crippen molar-refractivity contribution in [2.75, 3.05) is 13.2 Å². The van der Waals surface area contributed by atoms with E-state index in [1.165, 1.54) is 6.21 Å². The highest BCUT2D eigenvalue weighted by Gasteiger charge is 2.12. The summed E-state index contributed by atoms with van der Waals surface area (Å²) in [4.78, 5) is 36.7. The monoisotopic (exact) mass is 557 g/mol. The highest BCUT2D eigenvalue weighted by molar-refractivity contribution is 9.10. The van der Waals surface area contributed by atoms with Gasteiger partial charge in [-0.25, -0.2) is 10.2 Å². The molecule has 0 saturated carbocycles. The predicted molar refractivity (Wildman–Crippen MR) is 136 cm³/mol. The topological polar surface area (TPSA) is 106 Å². The van der Waals surface area contributed by atoms with Crippen LogP contribution in [0.4, 0.5) is 0 Å². The molecule has 0 atom stereocenters. The molecular formula is C25H21BrClN3O5. The average Bonchev–Trinajstić information content (AvgIpc) is 2.85. The fraction of sp³-hybridized carbons (Fsp3) is 0.120. The Kier molecular flexibility index (Phi) is 9.39. The number of hydrogen-bond donors (Lipinski definition) is 2. The first kappa shape index (κ1) is 25.9. The van der Waals surface area contributed by atoms with E-state index < -0.39 is 17.8 Å². The maximum Gasteiger partial charge on any atom is 0.343 e. The summed E-state index contributed by atoms with van der Waals surface area (Å²) in [6, 6.07) is 17.8. The van der Waals surface area contributed by atoms with Crippen molar-refractivity contribution in [1.82, 2.24) is 10.7 Å². The predicted octanol–water partition coefficient (Wildman–Crippen LogP) is 4.60. The van der Waals surface area contributed by atoms with E-state index >= 15 is 0 Å². The molecule has 0 aromatic heterocycles. The van der Waals surface area contributed by atoms with E-state index in [4.69, 9.17) is 21.1 Å². The van der Waals surface area contributed by atoms with Crippen LogP contribution in [0.15, 0.2) is 76.3 Å². The summed E-state index contributed by atoms with van der Waals surface area (Å²) >= 11 is 9.20. The highest BCUT2D eigenvalue weighted by Crippen LogP contribution is 2.23. The Morgan fingerprint density at radius 2 is 1.69 bits per heavy atom. The van der Waals surface area contributed by atoms with Crippen LogP contribution < -0.4 is 20.2 Å². The van der Waals surface area contributed by atoms with Gasteiger partial charge in [0.25, 0.3) is 11.8 Å². The summed E-state index contributed by atoms with van der Waals surface area (Å²) in [7, 11) is 0. The molecule has 0 aliphatic carbocycles. The minimum atomic E-state index is -0.570. The molecule has 0 heterocycles. The number of nitrogens with one attached hydrogen (secondary N) is 2. The smallest absolute Gasteiger partial charge is 0.343 e. The van der Waals surface area contributed by atoms with Gasteiger partial charge in [-0.05, 0) is 73.7 Å². The zero-order valence-corrected chi connectivity index (χ0v) is 20.9. The maximum absolute atomic E-state index is 12.4. The summed E-state index contributed by atoms with van der Waals surface area (Å²) in [5.41, 5.74) is 3.50. The van der Waals surface area contributed by atoms with Gasteiger partial charge in [0.2, 0.25) is 0 Å². The van der Waals surface area contributed by atoms with Crippen molar-refractivity contribution >= 4 is 51.5 Å². The molecule has 8 nitrogen and oxygen atoms in total. The van der Waals surface area contributed by atoms with Crippen molar-refractivity contribution in [3.8, 4) is 11.5 Å². The fourth-order valence-corrected chi connectivity index (χ4v) is 3.31. The summed E-state index contributed by atoms with van der Waals surface area (Å²) in [5.74, 6) is -0.609. The lowest BCUT2D eigenvalue weighted by Crippen LogP contribution is -2.34. The third-order valence-corrected chi connectivity index (χ3v) is 5.23. The molecule has 0 bridgehead atoms. The molecule has 0 radical (unpaired) electrons. The van der Waals surface area contributed by atoms with Crippen LogP contribution in [0.2, 0.25) is 5.02 Å². The molecule has 180 valence electrons. The van der Waals surface area contributed by atoms with Gasteiger partial charge in [0, 0.05) is 20.6 Å². The van der Waals surface area contributed by atoms with Gasteiger partial charge < -0.3 is 14.8 Å². The van der Waals surface area contributed by atoms with Gasteiger partial charge in [-0.1, -0.05) is 27.5 Å². The summed E-state index contributed by atoms with van der Waals surface area (Å²) in [5, 5.41) is 6.92. The number of hydrazone groups is 1. The molecule has 2 N–H and O–H groups in total. The molecule has 0 aliphatic heterocycles. The molecule has 2 amide bonds. The molecule has 3 aromatic rings. The van der Waals surface area contributed by atoms with Crippen LogP contribution in [0.3, 0.4) is 0 Å². The molecule has 0 saturated heterocycles. The van der Waals surface area contributed by atoms with Crippen molar-refractivity contribution in [3.63, 3.8) is 0 Å². The largest absolute Gasteiger partial charge is 0.494 e. The first-order valence-corrected chi connectivity index (χ1v) is 11.6. The highest BCUT2D eigenvalue weighted by atomic mass is 79.9. The van der Waals surface area contributed by atoms with E-state index in [2.05, 4.69) is 31.8 Å². The van der Waals surface area contributed by atoms with Crippen molar-refractivity contribution in [2.24, 2.45) is 5.10 Å². The summed E-state index contributed by atoms with van der Waals surface area (Å²) in [6.07, 6.45) is 1.33. The third kappa shape index (κ3) is 7.94. The van der Waals surface area contributed by atoms with Crippen LogP contribution in [0.5, 0.6) is 11.5 Å². The van der Waals surface area contributed by atoms with Gasteiger partial charge in [-0.3, -0.25) is 9.59 Å². The van der Waals surface area contributed by atoms with Crippen LogP contribution in [-0.2, 0) is 4.79 Å². The zero-order valence-electron chi connectivity index (χ0n) is 18.6. The van der Waals surface area contributed by atoms with Crippen LogP contribution >= 0.6 is 27.5 Å². The van der Waals surface area contributed by atoms with Gasteiger partial charge in [-0.2, -0.15) is 5.10 Å². The molecule has 10 heteroatoms. The number of rotatable bonds is 9. The normalized spacial score (nSPS) is 10.6.